The quantitative estimate of drug-likeness (QED) is 0.202. The molecule has 32 heavy (non-hydrogen) atoms. The first-order valence-electron chi connectivity index (χ1n) is 13.9. The SMILES string of the molecule is CCCCCN(CCCCC)CCCCCCCCCN1CCCc2cc(OC)ccc21. The Balaban J connectivity index is 1.52. The number of rotatable bonds is 19. The number of methoxy groups -OCH3 is 1. The Morgan fingerprint density at radius 1 is 0.781 bits per heavy atom. The first-order valence-corrected chi connectivity index (χ1v) is 13.9. The number of aryl methyl sites for hydroxylation is 1. The molecule has 0 spiro atoms. The van der Waals surface area contributed by atoms with Crippen molar-refractivity contribution in [2.24, 2.45) is 0 Å². The number of hydrogen-bond donors (Lipinski definition) is 0. The van der Waals surface area contributed by atoms with Crippen molar-refractivity contribution >= 4 is 5.69 Å². The molecule has 1 aromatic carbocycles. The molecule has 3 heteroatoms. The van der Waals surface area contributed by atoms with Crippen molar-refractivity contribution < 1.29 is 4.74 Å². The third-order valence-corrected chi connectivity index (χ3v) is 7.06. The molecule has 1 aromatic rings. The molecule has 0 N–H and O–H groups in total. The van der Waals surface area contributed by atoms with Gasteiger partial charge in [0.2, 0.25) is 0 Å². The smallest absolute Gasteiger partial charge is 0.119 e. The molecule has 2 rings (SSSR count). The molecule has 184 valence electrons. The molecule has 0 amide bonds. The lowest BCUT2D eigenvalue weighted by molar-refractivity contribution is 0.255. The molecular weight excluding hydrogens is 392 g/mol. The second-order valence-electron chi connectivity index (χ2n) is 9.82. The van der Waals surface area contributed by atoms with E-state index in [9.17, 15) is 0 Å². The van der Waals surface area contributed by atoms with E-state index in [1.807, 2.05) is 0 Å². The molecule has 0 bridgehead atoms. The average Bonchev–Trinajstić information content (AvgIpc) is 2.82. The van der Waals surface area contributed by atoms with Crippen LogP contribution >= 0.6 is 0 Å². The summed E-state index contributed by atoms with van der Waals surface area (Å²) in [5.41, 5.74) is 2.91. The van der Waals surface area contributed by atoms with Crippen LogP contribution in [0.25, 0.3) is 0 Å². The van der Waals surface area contributed by atoms with Gasteiger partial charge in [-0.25, -0.2) is 0 Å². The van der Waals surface area contributed by atoms with Gasteiger partial charge in [0.15, 0.2) is 0 Å². The molecule has 0 fully saturated rings. The van der Waals surface area contributed by atoms with Gasteiger partial charge in [0.25, 0.3) is 0 Å². The van der Waals surface area contributed by atoms with E-state index in [1.165, 1.54) is 140 Å². The number of fused-ring (bicyclic) bond motifs is 1. The van der Waals surface area contributed by atoms with Crippen molar-refractivity contribution in [3.8, 4) is 5.75 Å². The standard InChI is InChI=1S/C29H52N2O/c1-4-6-13-21-30(22-14-7-5-2)23-15-11-9-8-10-12-16-24-31-25-17-18-27-26-28(32-3)19-20-29(27)31/h19-20,26H,4-18,21-25H2,1-3H3. The predicted molar refractivity (Wildman–Crippen MR) is 141 cm³/mol. The van der Waals surface area contributed by atoms with Crippen LogP contribution in [0.4, 0.5) is 5.69 Å². The number of unbranched alkanes of at least 4 members (excludes halogenated alkanes) is 10. The third-order valence-electron chi connectivity index (χ3n) is 7.06. The largest absolute Gasteiger partial charge is 0.497 e. The second kappa shape index (κ2) is 17.3. The lowest BCUT2D eigenvalue weighted by Gasteiger charge is -2.31. The number of nitrogens with zero attached hydrogens (tertiary/aromatic N) is 2. The second-order valence-corrected chi connectivity index (χ2v) is 9.82. The fourth-order valence-electron chi connectivity index (χ4n) is 5.04. The van der Waals surface area contributed by atoms with Gasteiger partial charge in [-0.15, -0.1) is 0 Å². The van der Waals surface area contributed by atoms with Gasteiger partial charge in [-0.1, -0.05) is 71.6 Å². The maximum Gasteiger partial charge on any atom is 0.119 e. The van der Waals surface area contributed by atoms with Crippen LogP contribution < -0.4 is 9.64 Å². The summed E-state index contributed by atoms with van der Waals surface area (Å²) in [6.07, 6.45) is 20.4. The van der Waals surface area contributed by atoms with Crippen LogP contribution in [0.2, 0.25) is 0 Å². The van der Waals surface area contributed by atoms with Crippen LogP contribution in [-0.4, -0.2) is 44.7 Å². The topological polar surface area (TPSA) is 15.7 Å². The highest BCUT2D eigenvalue weighted by atomic mass is 16.5. The van der Waals surface area contributed by atoms with E-state index in [0.29, 0.717) is 0 Å². The third kappa shape index (κ3) is 10.6. The summed E-state index contributed by atoms with van der Waals surface area (Å²) >= 11 is 0. The summed E-state index contributed by atoms with van der Waals surface area (Å²) in [4.78, 5) is 5.35. The molecule has 0 atom stereocenters. The van der Waals surface area contributed by atoms with Gasteiger partial charge in [0.05, 0.1) is 7.11 Å². The Bertz CT molecular complexity index is 579. The summed E-state index contributed by atoms with van der Waals surface area (Å²) < 4.78 is 5.40. The van der Waals surface area contributed by atoms with E-state index < -0.39 is 0 Å². The molecule has 0 radical (unpaired) electrons. The van der Waals surface area contributed by atoms with Crippen molar-refractivity contribution in [3.05, 3.63) is 23.8 Å². The van der Waals surface area contributed by atoms with Crippen LogP contribution in [-0.2, 0) is 6.42 Å². The fourth-order valence-corrected chi connectivity index (χ4v) is 5.04. The zero-order valence-corrected chi connectivity index (χ0v) is 21.7. The van der Waals surface area contributed by atoms with E-state index in [0.717, 1.165) is 5.75 Å². The minimum absolute atomic E-state index is 0.996. The number of anilines is 1. The highest BCUT2D eigenvalue weighted by Crippen LogP contribution is 2.30. The molecule has 0 aromatic heterocycles. The average molecular weight is 445 g/mol. The van der Waals surface area contributed by atoms with E-state index in [4.69, 9.17) is 4.74 Å². The molecule has 1 heterocycles. The van der Waals surface area contributed by atoms with Gasteiger partial charge in [0, 0.05) is 18.8 Å². The van der Waals surface area contributed by atoms with Crippen molar-refractivity contribution in [2.75, 3.05) is 44.7 Å². The molecule has 0 saturated carbocycles. The lowest BCUT2D eigenvalue weighted by atomic mass is 10.0. The summed E-state index contributed by atoms with van der Waals surface area (Å²) in [7, 11) is 1.76. The maximum atomic E-state index is 5.40. The lowest BCUT2D eigenvalue weighted by Crippen LogP contribution is -2.30. The predicted octanol–water partition coefficient (Wildman–Crippen LogP) is 7.86. The van der Waals surface area contributed by atoms with Gasteiger partial charge >= 0.3 is 0 Å². The van der Waals surface area contributed by atoms with E-state index in [2.05, 4.69) is 41.8 Å². The summed E-state index contributed by atoms with van der Waals surface area (Å²) in [6, 6.07) is 6.61. The number of ether oxygens (including phenoxy) is 1. The molecule has 1 aliphatic rings. The van der Waals surface area contributed by atoms with Gasteiger partial charge in [-0.05, 0) is 81.9 Å². The van der Waals surface area contributed by atoms with Gasteiger partial charge < -0.3 is 14.5 Å². The van der Waals surface area contributed by atoms with E-state index in [-0.39, 0.29) is 0 Å². The first kappa shape index (κ1) is 27.0. The molecule has 1 aliphatic heterocycles. The Morgan fingerprint density at radius 3 is 2.00 bits per heavy atom. The summed E-state index contributed by atoms with van der Waals surface area (Å²) in [6.45, 7) is 11.0. The summed E-state index contributed by atoms with van der Waals surface area (Å²) in [5, 5.41) is 0. The first-order chi connectivity index (χ1) is 15.8. The van der Waals surface area contributed by atoms with Crippen LogP contribution in [0.1, 0.15) is 109 Å². The van der Waals surface area contributed by atoms with Crippen LogP contribution in [0, 0.1) is 0 Å². The number of hydrogen-bond acceptors (Lipinski definition) is 3. The van der Waals surface area contributed by atoms with Gasteiger partial charge in [0.1, 0.15) is 5.75 Å². The normalized spacial score (nSPS) is 13.6. The Morgan fingerprint density at radius 2 is 1.38 bits per heavy atom. The zero-order chi connectivity index (χ0) is 22.9. The van der Waals surface area contributed by atoms with Gasteiger partial charge in [-0.3, -0.25) is 0 Å². The number of benzene rings is 1. The molecular formula is C29H52N2O. The van der Waals surface area contributed by atoms with Crippen LogP contribution in [0.3, 0.4) is 0 Å². The van der Waals surface area contributed by atoms with Gasteiger partial charge in [-0.2, -0.15) is 0 Å². The van der Waals surface area contributed by atoms with E-state index >= 15 is 0 Å². The van der Waals surface area contributed by atoms with Crippen molar-refractivity contribution in [2.45, 2.75) is 110 Å². The Kier molecular flexibility index (Phi) is 14.6. The van der Waals surface area contributed by atoms with Crippen molar-refractivity contribution in [1.29, 1.82) is 0 Å². The van der Waals surface area contributed by atoms with Crippen LogP contribution in [0.5, 0.6) is 5.75 Å². The minimum Gasteiger partial charge on any atom is -0.497 e. The Hall–Kier alpha value is -1.22. The fraction of sp³-hybridized carbons (Fsp3) is 0.793. The summed E-state index contributed by atoms with van der Waals surface area (Å²) in [5.74, 6) is 0.996. The van der Waals surface area contributed by atoms with Crippen LogP contribution in [0.15, 0.2) is 18.2 Å². The van der Waals surface area contributed by atoms with E-state index in [1.54, 1.807) is 7.11 Å². The molecule has 0 unspecified atom stereocenters. The highest BCUT2D eigenvalue weighted by Gasteiger charge is 2.16. The molecule has 3 nitrogen and oxygen atoms in total. The Labute approximate surface area is 199 Å². The minimum atomic E-state index is 0.996. The zero-order valence-electron chi connectivity index (χ0n) is 21.7. The van der Waals surface area contributed by atoms with Crippen molar-refractivity contribution in [3.63, 3.8) is 0 Å². The molecule has 0 saturated heterocycles. The maximum absolute atomic E-state index is 5.40. The highest BCUT2D eigenvalue weighted by molar-refractivity contribution is 5.58. The molecule has 0 aliphatic carbocycles. The monoisotopic (exact) mass is 444 g/mol. The van der Waals surface area contributed by atoms with Crippen molar-refractivity contribution in [1.82, 2.24) is 4.90 Å².